The number of fused-ring (bicyclic) bond motifs is 1. The second-order valence-corrected chi connectivity index (χ2v) is 4.21. The van der Waals surface area contributed by atoms with Gasteiger partial charge in [0, 0.05) is 12.8 Å². The van der Waals surface area contributed by atoms with Crippen LogP contribution < -0.4 is 11.1 Å². The number of hydrogen-bond donors (Lipinski definition) is 3. The highest BCUT2D eigenvalue weighted by atomic mass is 35.5. The molecule has 1 atom stereocenters. The quantitative estimate of drug-likeness (QED) is 0.783. The van der Waals surface area contributed by atoms with Gasteiger partial charge >= 0.3 is 0 Å². The normalized spacial score (nSPS) is 12.2. The van der Waals surface area contributed by atoms with Gasteiger partial charge in [-0.2, -0.15) is 0 Å². The average Bonchev–Trinajstić information content (AvgIpc) is 2.82. The topological polar surface area (TPSA) is 93.0 Å². The number of H-pyrrole nitrogens is 1. The molecular formula is C12H15ClF2N4O2. The minimum Gasteiger partial charge on any atom is -0.383 e. The van der Waals surface area contributed by atoms with E-state index in [-0.39, 0.29) is 19.0 Å². The van der Waals surface area contributed by atoms with Crippen molar-refractivity contribution < 1.29 is 18.3 Å². The monoisotopic (exact) mass is 320 g/mol. The van der Waals surface area contributed by atoms with E-state index < -0.39 is 24.2 Å². The van der Waals surface area contributed by atoms with Crippen molar-refractivity contribution in [1.29, 1.82) is 0 Å². The summed E-state index contributed by atoms with van der Waals surface area (Å²) in [5, 5.41) is 2.58. The third kappa shape index (κ3) is 4.10. The smallest absolute Gasteiger partial charge is 0.295 e. The number of nitrogens with one attached hydrogen (secondary N) is 2. The Labute approximate surface area is 125 Å². The molecule has 9 heteroatoms. The maximum absolute atomic E-state index is 12.5. The third-order valence-electron chi connectivity index (χ3n) is 2.66. The molecule has 0 saturated carbocycles. The van der Waals surface area contributed by atoms with E-state index in [0.29, 0.717) is 16.7 Å². The first-order chi connectivity index (χ1) is 9.51. The van der Waals surface area contributed by atoms with Gasteiger partial charge in [-0.15, -0.1) is 12.4 Å². The van der Waals surface area contributed by atoms with Crippen molar-refractivity contribution in [2.24, 2.45) is 5.73 Å². The molecule has 0 saturated heterocycles. The lowest BCUT2D eigenvalue weighted by Gasteiger charge is -2.11. The number of benzene rings is 1. The number of halogens is 3. The second kappa shape index (κ2) is 7.30. The zero-order valence-corrected chi connectivity index (χ0v) is 11.9. The van der Waals surface area contributed by atoms with Crippen molar-refractivity contribution in [2.45, 2.75) is 12.5 Å². The van der Waals surface area contributed by atoms with Crippen LogP contribution >= 0.6 is 12.4 Å². The molecule has 2 rings (SSSR count). The van der Waals surface area contributed by atoms with Gasteiger partial charge in [0.1, 0.15) is 6.04 Å². The summed E-state index contributed by atoms with van der Waals surface area (Å²) in [6.45, 7) is 0.0909. The van der Waals surface area contributed by atoms with Gasteiger partial charge < -0.3 is 20.8 Å². The molecule has 0 aliphatic carbocycles. The van der Waals surface area contributed by atoms with Crippen LogP contribution in [0.15, 0.2) is 18.2 Å². The van der Waals surface area contributed by atoms with E-state index in [1.165, 1.54) is 19.2 Å². The Bertz CT molecular complexity index is 620. The van der Waals surface area contributed by atoms with Gasteiger partial charge in [-0.25, -0.2) is 13.8 Å². The number of carbonyl (C=O) groups excluding carboxylic acids is 1. The Hall–Kier alpha value is -1.77. The van der Waals surface area contributed by atoms with Crippen LogP contribution in [0.25, 0.3) is 11.0 Å². The molecule has 6 nitrogen and oxygen atoms in total. The molecule has 116 valence electrons. The van der Waals surface area contributed by atoms with Crippen LogP contribution in [0.2, 0.25) is 0 Å². The molecule has 1 unspecified atom stereocenters. The number of carbonyl (C=O) groups is 1. The van der Waals surface area contributed by atoms with Crippen molar-refractivity contribution in [1.82, 2.24) is 9.97 Å². The number of aromatic nitrogens is 2. The summed E-state index contributed by atoms with van der Waals surface area (Å²) in [6, 6.07) is 3.82. The third-order valence-corrected chi connectivity index (χ3v) is 2.66. The van der Waals surface area contributed by atoms with E-state index in [1.807, 2.05) is 0 Å². The summed E-state index contributed by atoms with van der Waals surface area (Å²) < 4.78 is 29.8. The van der Waals surface area contributed by atoms with Gasteiger partial charge in [-0.05, 0) is 18.2 Å². The molecule has 0 aliphatic heterocycles. The summed E-state index contributed by atoms with van der Waals surface area (Å²) in [7, 11) is 1.44. The summed E-state index contributed by atoms with van der Waals surface area (Å²) >= 11 is 0. The molecule has 0 spiro atoms. The van der Waals surface area contributed by atoms with Gasteiger partial charge in [-0.3, -0.25) is 4.79 Å². The van der Waals surface area contributed by atoms with Crippen LogP contribution in [0.5, 0.6) is 0 Å². The fourth-order valence-electron chi connectivity index (χ4n) is 1.70. The van der Waals surface area contributed by atoms with Crippen molar-refractivity contribution in [3.8, 4) is 0 Å². The summed E-state index contributed by atoms with van der Waals surface area (Å²) in [5.41, 5.74) is 6.84. The maximum atomic E-state index is 12.5. The van der Waals surface area contributed by atoms with E-state index in [1.54, 1.807) is 6.07 Å². The largest absolute Gasteiger partial charge is 0.383 e. The number of alkyl halides is 2. The highest BCUT2D eigenvalue weighted by Gasteiger charge is 2.15. The lowest BCUT2D eigenvalue weighted by Crippen LogP contribution is -2.39. The lowest BCUT2D eigenvalue weighted by molar-refractivity contribution is -0.118. The van der Waals surface area contributed by atoms with Crippen molar-refractivity contribution in [3.63, 3.8) is 0 Å². The molecule has 2 aromatic rings. The first-order valence-electron chi connectivity index (χ1n) is 5.84. The number of nitrogens with zero attached hydrogens (tertiary/aromatic N) is 1. The predicted octanol–water partition coefficient (Wildman–Crippen LogP) is 1.83. The Morgan fingerprint density at radius 2 is 2.24 bits per heavy atom. The van der Waals surface area contributed by atoms with E-state index in [4.69, 9.17) is 10.5 Å². The van der Waals surface area contributed by atoms with Gasteiger partial charge in [0.15, 0.2) is 5.82 Å². The number of aromatic amines is 1. The van der Waals surface area contributed by atoms with Gasteiger partial charge in [0.2, 0.25) is 5.91 Å². The van der Waals surface area contributed by atoms with Gasteiger partial charge in [0.25, 0.3) is 6.43 Å². The Morgan fingerprint density at radius 1 is 1.52 bits per heavy atom. The molecule has 0 fully saturated rings. The maximum Gasteiger partial charge on any atom is 0.295 e. The lowest BCUT2D eigenvalue weighted by atomic mass is 10.2. The number of ether oxygens (including phenoxy) is 1. The summed E-state index contributed by atoms with van der Waals surface area (Å²) in [4.78, 5) is 17.9. The zero-order valence-electron chi connectivity index (χ0n) is 11.1. The zero-order chi connectivity index (χ0) is 14.7. The van der Waals surface area contributed by atoms with Crippen molar-refractivity contribution in [2.75, 3.05) is 19.0 Å². The van der Waals surface area contributed by atoms with E-state index >= 15 is 0 Å². The van der Waals surface area contributed by atoms with Crippen LogP contribution in [0.1, 0.15) is 12.2 Å². The van der Waals surface area contributed by atoms with Crippen LogP contribution in [-0.2, 0) is 9.53 Å². The molecule has 0 aliphatic rings. The SMILES string of the molecule is COCC(N)C(=O)Nc1ccc2nc(C(F)F)[nH]c2c1.Cl. The average molecular weight is 321 g/mol. The summed E-state index contributed by atoms with van der Waals surface area (Å²) in [6.07, 6.45) is -2.67. The van der Waals surface area contributed by atoms with Gasteiger partial charge in [0.05, 0.1) is 17.6 Å². The summed E-state index contributed by atoms with van der Waals surface area (Å²) in [5.74, 6) is -0.820. The molecule has 1 aromatic carbocycles. The molecule has 0 radical (unpaired) electrons. The number of methoxy groups -OCH3 is 1. The minimum atomic E-state index is -2.67. The predicted molar refractivity (Wildman–Crippen MR) is 76.8 cm³/mol. The van der Waals surface area contributed by atoms with Crippen LogP contribution in [-0.4, -0.2) is 35.6 Å². The fraction of sp³-hybridized carbons (Fsp3) is 0.333. The highest BCUT2D eigenvalue weighted by molar-refractivity contribution is 5.96. The number of hydrogen-bond acceptors (Lipinski definition) is 4. The second-order valence-electron chi connectivity index (χ2n) is 4.21. The number of amides is 1. The first-order valence-corrected chi connectivity index (χ1v) is 5.84. The number of imidazole rings is 1. The molecule has 4 N–H and O–H groups in total. The first kappa shape index (κ1) is 17.3. The number of nitrogens with two attached hydrogens (primary N) is 1. The van der Waals surface area contributed by atoms with E-state index in [0.717, 1.165) is 0 Å². The Morgan fingerprint density at radius 3 is 2.86 bits per heavy atom. The van der Waals surface area contributed by atoms with Crippen molar-refractivity contribution in [3.05, 3.63) is 24.0 Å². The molecular weight excluding hydrogens is 306 g/mol. The van der Waals surface area contributed by atoms with E-state index in [2.05, 4.69) is 15.3 Å². The Kier molecular flexibility index (Phi) is 6.01. The molecule has 1 aromatic heterocycles. The fourth-order valence-corrected chi connectivity index (χ4v) is 1.70. The molecule has 1 amide bonds. The molecule has 1 heterocycles. The van der Waals surface area contributed by atoms with Crippen molar-refractivity contribution >= 4 is 35.0 Å². The number of rotatable bonds is 5. The van der Waals surface area contributed by atoms with Crippen LogP contribution in [0.4, 0.5) is 14.5 Å². The standard InChI is InChI=1S/C12H14F2N4O2.ClH/c1-20-5-7(15)12(19)16-6-2-3-8-9(4-6)18-11(17-8)10(13)14;/h2-4,7,10H,5,15H2,1H3,(H,16,19)(H,17,18);1H. The van der Waals surface area contributed by atoms with Gasteiger partial charge in [-0.1, -0.05) is 0 Å². The number of anilines is 1. The van der Waals surface area contributed by atoms with E-state index in [9.17, 15) is 13.6 Å². The Balaban J connectivity index is 0.00000220. The molecule has 0 bridgehead atoms. The molecule has 21 heavy (non-hydrogen) atoms. The minimum absolute atomic E-state index is 0. The van der Waals surface area contributed by atoms with Crippen LogP contribution in [0.3, 0.4) is 0 Å². The highest BCUT2D eigenvalue weighted by Crippen LogP contribution is 2.22. The van der Waals surface area contributed by atoms with Crippen LogP contribution in [0, 0.1) is 0 Å².